The lowest BCUT2D eigenvalue weighted by molar-refractivity contribution is 0.635. The van der Waals surface area contributed by atoms with Crippen LogP contribution in [-0.2, 0) is 0 Å². The summed E-state index contributed by atoms with van der Waals surface area (Å²) in [6.45, 7) is 3.07. The van der Waals surface area contributed by atoms with Gasteiger partial charge in [-0.2, -0.15) is 0 Å². The summed E-state index contributed by atoms with van der Waals surface area (Å²) >= 11 is 11.4. The third kappa shape index (κ3) is 3.36. The van der Waals surface area contributed by atoms with Crippen molar-refractivity contribution in [2.45, 2.75) is 13.0 Å². The van der Waals surface area contributed by atoms with Gasteiger partial charge in [0.15, 0.2) is 0 Å². The molecule has 1 unspecified atom stereocenters. The number of benzene rings is 1. The van der Waals surface area contributed by atoms with E-state index < -0.39 is 0 Å². The maximum Gasteiger partial charge on any atom is 0.0693 e. The molecule has 1 aromatic heterocycles. The van der Waals surface area contributed by atoms with Gasteiger partial charge in [0.1, 0.15) is 0 Å². The van der Waals surface area contributed by atoms with Crippen LogP contribution < -0.4 is 5.32 Å². The van der Waals surface area contributed by atoms with Gasteiger partial charge in [-0.3, -0.25) is 0 Å². The van der Waals surface area contributed by atoms with Gasteiger partial charge >= 0.3 is 0 Å². The molecule has 0 radical (unpaired) electrons. The second-order valence-electron chi connectivity index (χ2n) is 3.79. The number of hydrogen-bond donors (Lipinski definition) is 1. The summed E-state index contributed by atoms with van der Waals surface area (Å²) in [6.07, 6.45) is 0. The molecular formula is C13H12Br2INS. The molecule has 96 valence electrons. The van der Waals surface area contributed by atoms with Crippen molar-refractivity contribution in [1.82, 2.24) is 5.32 Å². The minimum absolute atomic E-state index is 0.230. The fourth-order valence-electron chi connectivity index (χ4n) is 1.80. The quantitative estimate of drug-likeness (QED) is 0.541. The molecule has 0 aliphatic carbocycles. The van der Waals surface area contributed by atoms with Crippen molar-refractivity contribution < 1.29 is 0 Å². The molecule has 2 aromatic rings. The summed E-state index contributed by atoms with van der Waals surface area (Å²) in [5, 5.41) is 5.67. The summed E-state index contributed by atoms with van der Waals surface area (Å²) in [5.41, 5.74) is 1.28. The Bertz CT molecular complexity index is 542. The predicted octanol–water partition coefficient (Wildman–Crippen LogP) is 5.58. The molecule has 0 aliphatic rings. The van der Waals surface area contributed by atoms with Crippen LogP contribution in [0.4, 0.5) is 0 Å². The third-order valence-electron chi connectivity index (χ3n) is 2.58. The molecule has 1 heterocycles. The maximum atomic E-state index is 3.66. The zero-order valence-corrected chi connectivity index (χ0v) is 15.9. The summed E-state index contributed by atoms with van der Waals surface area (Å²) in [6, 6.07) is 8.79. The van der Waals surface area contributed by atoms with Gasteiger partial charge in [0, 0.05) is 17.4 Å². The molecule has 0 aliphatic heterocycles. The lowest BCUT2D eigenvalue weighted by Crippen LogP contribution is -2.22. The molecule has 18 heavy (non-hydrogen) atoms. The van der Waals surface area contributed by atoms with Gasteiger partial charge in [0.25, 0.3) is 0 Å². The minimum Gasteiger partial charge on any atom is -0.306 e. The van der Waals surface area contributed by atoms with Gasteiger partial charge in [0.2, 0.25) is 0 Å². The molecule has 1 aromatic carbocycles. The second-order valence-corrected chi connectivity index (χ2v) is 7.69. The number of nitrogens with one attached hydrogen (secondary N) is 1. The molecule has 5 heteroatoms. The van der Waals surface area contributed by atoms with Gasteiger partial charge < -0.3 is 5.32 Å². The first-order valence-corrected chi connectivity index (χ1v) is 9.09. The lowest BCUT2D eigenvalue weighted by Gasteiger charge is -2.19. The smallest absolute Gasteiger partial charge is 0.0693 e. The fraction of sp³-hybridized carbons (Fsp3) is 0.231. The highest BCUT2D eigenvalue weighted by atomic mass is 127. The van der Waals surface area contributed by atoms with Crippen molar-refractivity contribution in [2.75, 3.05) is 6.54 Å². The maximum absolute atomic E-state index is 3.66. The lowest BCUT2D eigenvalue weighted by atomic mass is 10.1. The van der Waals surface area contributed by atoms with Gasteiger partial charge in [-0.1, -0.05) is 22.9 Å². The van der Waals surface area contributed by atoms with Crippen LogP contribution in [-0.4, -0.2) is 6.54 Å². The van der Waals surface area contributed by atoms with Crippen LogP contribution in [0.2, 0.25) is 0 Å². The van der Waals surface area contributed by atoms with Gasteiger partial charge in [-0.15, -0.1) is 11.3 Å². The van der Waals surface area contributed by atoms with Crippen LogP contribution in [0.15, 0.2) is 38.6 Å². The van der Waals surface area contributed by atoms with E-state index in [-0.39, 0.29) is 6.04 Å². The first-order valence-electron chi connectivity index (χ1n) is 5.54. The van der Waals surface area contributed by atoms with Crippen LogP contribution in [0, 0.1) is 3.57 Å². The normalized spacial score (nSPS) is 12.7. The van der Waals surface area contributed by atoms with Crippen LogP contribution in [0.25, 0.3) is 0 Å². The van der Waals surface area contributed by atoms with E-state index in [2.05, 4.69) is 96.3 Å². The van der Waals surface area contributed by atoms with Crippen molar-refractivity contribution in [1.29, 1.82) is 0 Å². The topological polar surface area (TPSA) is 12.0 Å². The van der Waals surface area contributed by atoms with Crippen LogP contribution in [0.5, 0.6) is 0 Å². The SMILES string of the molecule is CCNC(c1cc(I)ccc1Br)c1sccc1Br. The van der Waals surface area contributed by atoms with Crippen molar-refractivity contribution in [3.05, 3.63) is 52.6 Å². The van der Waals surface area contributed by atoms with E-state index in [1.54, 1.807) is 11.3 Å². The highest BCUT2D eigenvalue weighted by Crippen LogP contribution is 2.36. The largest absolute Gasteiger partial charge is 0.306 e. The monoisotopic (exact) mass is 499 g/mol. The molecule has 0 bridgehead atoms. The number of hydrogen-bond acceptors (Lipinski definition) is 2. The zero-order valence-electron chi connectivity index (χ0n) is 9.71. The fourth-order valence-corrected chi connectivity index (χ4v) is 4.48. The van der Waals surface area contributed by atoms with E-state index in [9.17, 15) is 0 Å². The van der Waals surface area contributed by atoms with Gasteiger partial charge in [-0.05, 0) is 80.3 Å². The second kappa shape index (κ2) is 6.83. The molecule has 2 rings (SSSR count). The molecule has 0 saturated carbocycles. The van der Waals surface area contributed by atoms with E-state index in [4.69, 9.17) is 0 Å². The summed E-state index contributed by atoms with van der Waals surface area (Å²) in [5.74, 6) is 0. The zero-order chi connectivity index (χ0) is 13.1. The highest BCUT2D eigenvalue weighted by molar-refractivity contribution is 14.1. The minimum atomic E-state index is 0.230. The number of rotatable bonds is 4. The Hall–Kier alpha value is 0.570. The van der Waals surface area contributed by atoms with Crippen molar-refractivity contribution >= 4 is 65.8 Å². The Morgan fingerprint density at radius 3 is 2.67 bits per heavy atom. The molecule has 1 nitrogen and oxygen atoms in total. The first-order chi connectivity index (χ1) is 8.63. The van der Waals surface area contributed by atoms with Crippen LogP contribution in [0.3, 0.4) is 0 Å². The summed E-state index contributed by atoms with van der Waals surface area (Å²) in [7, 11) is 0. The van der Waals surface area contributed by atoms with E-state index in [0.29, 0.717) is 0 Å². The van der Waals surface area contributed by atoms with Crippen LogP contribution in [0.1, 0.15) is 23.4 Å². The summed E-state index contributed by atoms with van der Waals surface area (Å²) < 4.78 is 3.57. The molecule has 0 saturated heterocycles. The van der Waals surface area contributed by atoms with E-state index >= 15 is 0 Å². The average molecular weight is 501 g/mol. The average Bonchev–Trinajstić information content (AvgIpc) is 2.76. The Balaban J connectivity index is 2.48. The van der Waals surface area contributed by atoms with Crippen molar-refractivity contribution in [3.8, 4) is 0 Å². The van der Waals surface area contributed by atoms with Crippen LogP contribution >= 0.6 is 65.8 Å². The van der Waals surface area contributed by atoms with Crippen molar-refractivity contribution in [3.63, 3.8) is 0 Å². The predicted molar refractivity (Wildman–Crippen MR) is 94.4 cm³/mol. The molecular weight excluding hydrogens is 489 g/mol. The highest BCUT2D eigenvalue weighted by Gasteiger charge is 2.19. The van der Waals surface area contributed by atoms with Crippen molar-refractivity contribution in [2.24, 2.45) is 0 Å². The first kappa shape index (κ1) is 15.0. The van der Waals surface area contributed by atoms with Gasteiger partial charge in [-0.25, -0.2) is 0 Å². The van der Waals surface area contributed by atoms with E-state index in [0.717, 1.165) is 11.0 Å². The van der Waals surface area contributed by atoms with E-state index in [1.807, 2.05) is 0 Å². The number of thiophene rings is 1. The molecule has 0 amide bonds. The third-order valence-corrected chi connectivity index (χ3v) is 5.91. The van der Waals surface area contributed by atoms with E-state index in [1.165, 1.54) is 18.5 Å². The standard InChI is InChI=1S/C13H12Br2INS/c1-2-17-12(13-11(15)5-6-18-13)9-7-8(16)3-4-10(9)14/h3-7,12,17H,2H2,1H3. The molecule has 1 atom stereocenters. The van der Waals surface area contributed by atoms with Gasteiger partial charge in [0.05, 0.1) is 6.04 Å². The Morgan fingerprint density at radius 1 is 1.28 bits per heavy atom. The summed E-state index contributed by atoms with van der Waals surface area (Å²) in [4.78, 5) is 1.32. The Kier molecular flexibility index (Phi) is 5.68. The molecule has 1 N–H and O–H groups in total. The number of halogens is 3. The Morgan fingerprint density at radius 2 is 2.06 bits per heavy atom. The molecule has 0 fully saturated rings. The molecule has 0 spiro atoms. The Labute approximate surface area is 142 Å².